The molecular weight excluding hydrogens is 256 g/mol. The van der Waals surface area contributed by atoms with Crippen molar-refractivity contribution in [1.82, 2.24) is 5.32 Å². The zero-order chi connectivity index (χ0) is 14.9. The minimum absolute atomic E-state index is 0.571. The summed E-state index contributed by atoms with van der Waals surface area (Å²) in [5.41, 5.74) is 2.89. The van der Waals surface area contributed by atoms with Crippen LogP contribution in [0.3, 0.4) is 0 Å². The largest absolute Gasteiger partial charge is 0.370 e. The molecule has 0 bridgehead atoms. The number of nitrogens with zero attached hydrogens (tertiary/aromatic N) is 1. The number of unbranched alkanes of at least 4 members (excludes halogenated alkanes) is 6. The molecule has 0 aromatic heterocycles. The Hall–Kier alpha value is -1.02. The molecule has 1 heterocycles. The lowest BCUT2D eigenvalue weighted by Gasteiger charge is -2.26. The summed E-state index contributed by atoms with van der Waals surface area (Å²) in [5, 5.41) is 3.61. The molecule has 1 aliphatic rings. The van der Waals surface area contributed by atoms with E-state index >= 15 is 0 Å². The van der Waals surface area contributed by atoms with Crippen molar-refractivity contribution in [2.45, 2.75) is 71.4 Å². The average Bonchev–Trinajstić information content (AvgIpc) is 2.66. The summed E-state index contributed by atoms with van der Waals surface area (Å²) in [6, 6.07) is 9.45. The van der Waals surface area contributed by atoms with Gasteiger partial charge in [-0.15, -0.1) is 0 Å². The lowest BCUT2D eigenvalue weighted by molar-refractivity contribution is 0.539. The molecule has 2 nitrogen and oxygen atoms in total. The predicted molar refractivity (Wildman–Crippen MR) is 92.9 cm³/mol. The topological polar surface area (TPSA) is 15.3 Å². The Bertz CT molecular complexity index is 402. The maximum Gasteiger partial charge on any atom is 0.0412 e. The Morgan fingerprint density at radius 3 is 2.57 bits per heavy atom. The third-order valence-electron chi connectivity index (χ3n) is 4.50. The number of nitrogens with one attached hydrogen (secondary N) is 1. The predicted octanol–water partition coefficient (Wildman–Crippen LogP) is 4.74. The van der Waals surface area contributed by atoms with E-state index in [2.05, 4.69) is 48.3 Å². The van der Waals surface area contributed by atoms with Crippen LogP contribution in [0.4, 0.5) is 5.69 Å². The third kappa shape index (κ3) is 5.35. The average molecular weight is 288 g/mol. The van der Waals surface area contributed by atoms with Gasteiger partial charge in [-0.3, -0.25) is 0 Å². The van der Waals surface area contributed by atoms with Crippen LogP contribution in [0.2, 0.25) is 0 Å². The van der Waals surface area contributed by atoms with Crippen molar-refractivity contribution in [3.05, 3.63) is 29.8 Å². The second-order valence-electron chi connectivity index (χ2n) is 6.48. The normalized spacial score (nSPS) is 18.4. The van der Waals surface area contributed by atoms with Gasteiger partial charge in [-0.2, -0.15) is 0 Å². The van der Waals surface area contributed by atoms with Gasteiger partial charge in [0.05, 0.1) is 0 Å². The van der Waals surface area contributed by atoms with Crippen molar-refractivity contribution in [3.63, 3.8) is 0 Å². The van der Waals surface area contributed by atoms with Crippen LogP contribution < -0.4 is 10.2 Å². The van der Waals surface area contributed by atoms with Crippen molar-refractivity contribution >= 4 is 5.69 Å². The highest BCUT2D eigenvalue weighted by molar-refractivity contribution is 5.54. The summed E-state index contributed by atoms with van der Waals surface area (Å²) < 4.78 is 0. The van der Waals surface area contributed by atoms with Gasteiger partial charge in [0.2, 0.25) is 0 Å². The third-order valence-corrected chi connectivity index (χ3v) is 4.50. The van der Waals surface area contributed by atoms with E-state index in [0.29, 0.717) is 6.04 Å². The zero-order valence-electron chi connectivity index (χ0n) is 13.9. The first-order chi connectivity index (χ1) is 10.3. The molecule has 2 heteroatoms. The second-order valence-corrected chi connectivity index (χ2v) is 6.48. The van der Waals surface area contributed by atoms with Crippen LogP contribution in [0.15, 0.2) is 24.3 Å². The molecule has 1 aliphatic heterocycles. The summed E-state index contributed by atoms with van der Waals surface area (Å²) in [6.07, 6.45) is 9.70. The smallest absolute Gasteiger partial charge is 0.0412 e. The van der Waals surface area contributed by atoms with E-state index in [1.165, 1.54) is 62.7 Å². The lowest BCUT2D eigenvalue weighted by Crippen LogP contribution is -2.36. The quantitative estimate of drug-likeness (QED) is 0.695. The molecule has 1 N–H and O–H groups in total. The maximum absolute atomic E-state index is 3.61. The van der Waals surface area contributed by atoms with Crippen molar-refractivity contribution in [1.29, 1.82) is 0 Å². The molecule has 0 saturated heterocycles. The SMILES string of the molecule is CCCCCCCCCN1CC(C)NCc2ccccc21. The van der Waals surface area contributed by atoms with Crippen LogP contribution in [0.25, 0.3) is 0 Å². The van der Waals surface area contributed by atoms with Gasteiger partial charge in [-0.1, -0.05) is 63.6 Å². The summed E-state index contributed by atoms with van der Waals surface area (Å²) in [7, 11) is 0. The van der Waals surface area contributed by atoms with Gasteiger partial charge >= 0.3 is 0 Å². The molecule has 0 aliphatic carbocycles. The molecule has 0 radical (unpaired) electrons. The summed E-state index contributed by atoms with van der Waals surface area (Å²) in [6.45, 7) is 7.92. The van der Waals surface area contributed by atoms with E-state index in [1.54, 1.807) is 0 Å². The fourth-order valence-corrected chi connectivity index (χ4v) is 3.22. The van der Waals surface area contributed by atoms with E-state index < -0.39 is 0 Å². The van der Waals surface area contributed by atoms with E-state index in [0.717, 1.165) is 13.1 Å². The number of rotatable bonds is 8. The highest BCUT2D eigenvalue weighted by Crippen LogP contribution is 2.23. The first-order valence-electron chi connectivity index (χ1n) is 8.87. The Labute approximate surface area is 130 Å². The van der Waals surface area contributed by atoms with E-state index in [1.807, 2.05) is 0 Å². The van der Waals surface area contributed by atoms with Gasteiger partial charge in [0.15, 0.2) is 0 Å². The van der Waals surface area contributed by atoms with Gasteiger partial charge in [0, 0.05) is 31.4 Å². The molecule has 0 amide bonds. The molecule has 1 aromatic rings. The first-order valence-corrected chi connectivity index (χ1v) is 8.87. The number of hydrogen-bond acceptors (Lipinski definition) is 2. The number of para-hydroxylation sites is 1. The van der Waals surface area contributed by atoms with Gasteiger partial charge in [0.1, 0.15) is 0 Å². The zero-order valence-corrected chi connectivity index (χ0v) is 13.9. The van der Waals surface area contributed by atoms with Crippen LogP contribution in [-0.4, -0.2) is 19.1 Å². The number of benzene rings is 1. The van der Waals surface area contributed by atoms with Crippen molar-refractivity contribution in [2.24, 2.45) is 0 Å². The molecule has 1 aromatic carbocycles. The van der Waals surface area contributed by atoms with Crippen LogP contribution in [0, 0.1) is 0 Å². The molecule has 2 rings (SSSR count). The molecule has 0 saturated carbocycles. The van der Waals surface area contributed by atoms with Crippen LogP contribution in [0.1, 0.15) is 64.4 Å². The monoisotopic (exact) mass is 288 g/mol. The fraction of sp³-hybridized carbons (Fsp3) is 0.684. The van der Waals surface area contributed by atoms with E-state index in [4.69, 9.17) is 0 Å². The van der Waals surface area contributed by atoms with Gasteiger partial charge in [-0.25, -0.2) is 0 Å². The van der Waals surface area contributed by atoms with Gasteiger partial charge < -0.3 is 10.2 Å². The molecule has 1 atom stereocenters. The Morgan fingerprint density at radius 1 is 1.05 bits per heavy atom. The Morgan fingerprint density at radius 2 is 1.76 bits per heavy atom. The summed E-state index contributed by atoms with van der Waals surface area (Å²) in [4.78, 5) is 2.59. The maximum atomic E-state index is 3.61. The van der Waals surface area contributed by atoms with Crippen LogP contribution in [0.5, 0.6) is 0 Å². The van der Waals surface area contributed by atoms with Crippen molar-refractivity contribution < 1.29 is 0 Å². The van der Waals surface area contributed by atoms with Gasteiger partial charge in [0.25, 0.3) is 0 Å². The highest BCUT2D eigenvalue weighted by atomic mass is 15.2. The second kappa shape index (κ2) is 9.09. The highest BCUT2D eigenvalue weighted by Gasteiger charge is 2.17. The van der Waals surface area contributed by atoms with E-state index in [-0.39, 0.29) is 0 Å². The fourth-order valence-electron chi connectivity index (χ4n) is 3.22. The lowest BCUT2D eigenvalue weighted by atomic mass is 10.1. The van der Waals surface area contributed by atoms with Crippen LogP contribution >= 0.6 is 0 Å². The molecule has 1 unspecified atom stereocenters. The number of fused-ring (bicyclic) bond motifs is 1. The number of anilines is 1. The number of hydrogen-bond donors (Lipinski definition) is 1. The minimum atomic E-state index is 0.571. The van der Waals surface area contributed by atoms with Gasteiger partial charge in [-0.05, 0) is 25.0 Å². The molecule has 0 fully saturated rings. The molecule has 0 spiro atoms. The molecule has 118 valence electrons. The minimum Gasteiger partial charge on any atom is -0.370 e. The molecular formula is C19H32N2. The molecule has 21 heavy (non-hydrogen) atoms. The Kier molecular flexibility index (Phi) is 7.08. The van der Waals surface area contributed by atoms with E-state index in [9.17, 15) is 0 Å². The Balaban J connectivity index is 1.78. The van der Waals surface area contributed by atoms with Crippen LogP contribution in [-0.2, 0) is 6.54 Å². The standard InChI is InChI=1S/C19H32N2/c1-3-4-5-6-7-8-11-14-21-16-17(2)20-15-18-12-9-10-13-19(18)21/h9-10,12-13,17,20H,3-8,11,14-16H2,1-2H3. The first kappa shape index (κ1) is 16.4. The summed E-state index contributed by atoms with van der Waals surface area (Å²) in [5.74, 6) is 0. The summed E-state index contributed by atoms with van der Waals surface area (Å²) >= 11 is 0. The van der Waals surface area contributed by atoms with Crippen molar-refractivity contribution in [2.75, 3.05) is 18.0 Å². The van der Waals surface area contributed by atoms with Crippen molar-refractivity contribution in [3.8, 4) is 0 Å².